The molecule has 2 N–H and O–H groups in total. The van der Waals surface area contributed by atoms with Crippen molar-refractivity contribution in [1.29, 1.82) is 0 Å². The van der Waals surface area contributed by atoms with Crippen LogP contribution in [0.15, 0.2) is 29.6 Å². The summed E-state index contributed by atoms with van der Waals surface area (Å²) < 4.78 is 1.20. The Morgan fingerprint density at radius 2 is 1.95 bits per heavy atom. The lowest BCUT2D eigenvalue weighted by Gasteiger charge is -2.22. The van der Waals surface area contributed by atoms with Gasteiger partial charge in [-0.3, -0.25) is 0 Å². The summed E-state index contributed by atoms with van der Waals surface area (Å²) in [5, 5.41) is 9.17. The third-order valence-corrected chi connectivity index (χ3v) is 4.63. The Morgan fingerprint density at radius 1 is 1.16 bits per heavy atom. The van der Waals surface area contributed by atoms with Crippen LogP contribution in [0.2, 0.25) is 0 Å². The average molecular weight is 274 g/mol. The molecule has 1 aromatic heterocycles. The lowest BCUT2D eigenvalue weighted by atomic mass is 9.96. The van der Waals surface area contributed by atoms with E-state index in [0.717, 1.165) is 23.9 Å². The number of nitrogens with one attached hydrogen (secondary N) is 2. The smallest absolute Gasteiger partial charge is 0.319 e. The minimum absolute atomic E-state index is 0.0737. The molecular formula is C15H18N2OS. The van der Waals surface area contributed by atoms with Crippen LogP contribution in [-0.2, 0) is 0 Å². The van der Waals surface area contributed by atoms with Crippen LogP contribution in [-0.4, -0.2) is 12.1 Å². The summed E-state index contributed by atoms with van der Waals surface area (Å²) in [6.07, 6.45) is 5.98. The lowest BCUT2D eigenvalue weighted by molar-refractivity contribution is 0.244. The highest BCUT2D eigenvalue weighted by molar-refractivity contribution is 7.17. The maximum Gasteiger partial charge on any atom is 0.319 e. The van der Waals surface area contributed by atoms with Crippen LogP contribution in [0.3, 0.4) is 0 Å². The molecule has 0 saturated heterocycles. The van der Waals surface area contributed by atoms with Crippen molar-refractivity contribution in [3.05, 3.63) is 29.6 Å². The number of amides is 2. The van der Waals surface area contributed by atoms with E-state index < -0.39 is 0 Å². The molecule has 1 aliphatic rings. The van der Waals surface area contributed by atoms with Crippen molar-refractivity contribution >= 4 is 33.1 Å². The van der Waals surface area contributed by atoms with E-state index in [1.165, 1.54) is 24.0 Å². The largest absolute Gasteiger partial charge is 0.335 e. The first-order chi connectivity index (χ1) is 9.33. The predicted octanol–water partition coefficient (Wildman–Crippen LogP) is 4.36. The zero-order valence-electron chi connectivity index (χ0n) is 10.8. The van der Waals surface area contributed by atoms with E-state index in [1.807, 2.05) is 23.6 Å². The molecule has 19 heavy (non-hydrogen) atoms. The van der Waals surface area contributed by atoms with Crippen molar-refractivity contribution < 1.29 is 4.79 Å². The number of fused-ring (bicyclic) bond motifs is 1. The normalized spacial score (nSPS) is 16.4. The van der Waals surface area contributed by atoms with Gasteiger partial charge in [0.2, 0.25) is 0 Å². The molecule has 0 aliphatic heterocycles. The minimum atomic E-state index is -0.0737. The second kappa shape index (κ2) is 5.61. The first kappa shape index (κ1) is 12.5. The van der Waals surface area contributed by atoms with Gasteiger partial charge >= 0.3 is 6.03 Å². The monoisotopic (exact) mass is 274 g/mol. The van der Waals surface area contributed by atoms with Gasteiger partial charge in [0.1, 0.15) is 0 Å². The van der Waals surface area contributed by atoms with Gasteiger partial charge in [-0.05, 0) is 18.9 Å². The number of carbonyl (C=O) groups excluding carboxylic acids is 1. The number of hydrogen-bond donors (Lipinski definition) is 2. The van der Waals surface area contributed by atoms with E-state index in [4.69, 9.17) is 0 Å². The Balaban J connectivity index is 1.65. The predicted molar refractivity (Wildman–Crippen MR) is 80.9 cm³/mol. The van der Waals surface area contributed by atoms with Crippen molar-refractivity contribution in [3.63, 3.8) is 0 Å². The van der Waals surface area contributed by atoms with Crippen LogP contribution < -0.4 is 10.6 Å². The molecule has 3 rings (SSSR count). The van der Waals surface area contributed by atoms with Crippen molar-refractivity contribution in [3.8, 4) is 0 Å². The summed E-state index contributed by atoms with van der Waals surface area (Å²) in [5.74, 6) is 0. The number of anilines is 1. The Morgan fingerprint density at radius 3 is 2.79 bits per heavy atom. The van der Waals surface area contributed by atoms with Gasteiger partial charge in [0.15, 0.2) is 0 Å². The summed E-state index contributed by atoms with van der Waals surface area (Å²) in [6.45, 7) is 0. The van der Waals surface area contributed by atoms with E-state index in [2.05, 4.69) is 16.7 Å². The number of urea groups is 1. The highest BCUT2D eigenvalue weighted by atomic mass is 32.1. The summed E-state index contributed by atoms with van der Waals surface area (Å²) in [4.78, 5) is 12.0. The SMILES string of the molecule is O=C(Nc1csc2ccccc12)NC1CCCCC1. The zero-order valence-corrected chi connectivity index (χ0v) is 11.6. The van der Waals surface area contributed by atoms with E-state index in [9.17, 15) is 4.79 Å². The van der Waals surface area contributed by atoms with Crippen molar-refractivity contribution in [2.75, 3.05) is 5.32 Å². The third-order valence-electron chi connectivity index (χ3n) is 3.67. The molecule has 1 fully saturated rings. The molecule has 0 radical (unpaired) electrons. The molecular weight excluding hydrogens is 256 g/mol. The van der Waals surface area contributed by atoms with Crippen LogP contribution in [0, 0.1) is 0 Å². The van der Waals surface area contributed by atoms with E-state index in [-0.39, 0.29) is 6.03 Å². The summed E-state index contributed by atoms with van der Waals surface area (Å²) in [7, 11) is 0. The first-order valence-corrected chi connectivity index (χ1v) is 7.74. The summed E-state index contributed by atoms with van der Waals surface area (Å²) >= 11 is 1.66. The lowest BCUT2D eigenvalue weighted by Crippen LogP contribution is -2.38. The van der Waals surface area contributed by atoms with Crippen LogP contribution in [0.25, 0.3) is 10.1 Å². The molecule has 0 spiro atoms. The van der Waals surface area contributed by atoms with Gasteiger partial charge in [0.25, 0.3) is 0 Å². The average Bonchev–Trinajstić information content (AvgIpc) is 2.83. The highest BCUT2D eigenvalue weighted by Crippen LogP contribution is 2.29. The second-order valence-corrected chi connectivity index (χ2v) is 5.99. The Labute approximate surface area is 117 Å². The van der Waals surface area contributed by atoms with Gasteiger partial charge in [-0.15, -0.1) is 11.3 Å². The zero-order chi connectivity index (χ0) is 13.1. The molecule has 1 saturated carbocycles. The maximum absolute atomic E-state index is 12.0. The summed E-state index contributed by atoms with van der Waals surface area (Å²) in [5.41, 5.74) is 0.911. The molecule has 4 heteroatoms. The molecule has 1 aromatic carbocycles. The van der Waals surface area contributed by atoms with Crippen molar-refractivity contribution in [2.45, 2.75) is 38.1 Å². The molecule has 2 aromatic rings. The number of hydrogen-bond acceptors (Lipinski definition) is 2. The van der Waals surface area contributed by atoms with Gasteiger partial charge in [-0.25, -0.2) is 4.79 Å². The fourth-order valence-electron chi connectivity index (χ4n) is 2.67. The van der Waals surface area contributed by atoms with Crippen molar-refractivity contribution in [2.24, 2.45) is 0 Å². The number of carbonyl (C=O) groups is 1. The molecule has 3 nitrogen and oxygen atoms in total. The number of rotatable bonds is 2. The van der Waals surface area contributed by atoms with Gasteiger partial charge in [0.05, 0.1) is 5.69 Å². The fourth-order valence-corrected chi connectivity index (χ4v) is 3.56. The van der Waals surface area contributed by atoms with Crippen LogP contribution in [0.1, 0.15) is 32.1 Å². The molecule has 0 unspecified atom stereocenters. The maximum atomic E-state index is 12.0. The highest BCUT2D eigenvalue weighted by Gasteiger charge is 2.16. The van der Waals surface area contributed by atoms with Gasteiger partial charge in [-0.1, -0.05) is 37.5 Å². The van der Waals surface area contributed by atoms with E-state index in [0.29, 0.717) is 6.04 Å². The second-order valence-electron chi connectivity index (χ2n) is 5.08. The van der Waals surface area contributed by atoms with Crippen LogP contribution in [0.5, 0.6) is 0 Å². The molecule has 0 bridgehead atoms. The van der Waals surface area contributed by atoms with E-state index in [1.54, 1.807) is 11.3 Å². The fraction of sp³-hybridized carbons (Fsp3) is 0.400. The van der Waals surface area contributed by atoms with E-state index >= 15 is 0 Å². The van der Waals surface area contributed by atoms with Gasteiger partial charge < -0.3 is 10.6 Å². The third kappa shape index (κ3) is 2.89. The molecule has 0 atom stereocenters. The number of thiophene rings is 1. The van der Waals surface area contributed by atoms with Gasteiger partial charge in [-0.2, -0.15) is 0 Å². The summed E-state index contributed by atoms with van der Waals surface area (Å²) in [6, 6.07) is 8.41. The molecule has 100 valence electrons. The van der Waals surface area contributed by atoms with Gasteiger partial charge in [0, 0.05) is 21.5 Å². The Hall–Kier alpha value is -1.55. The molecule has 2 amide bonds. The standard InChI is InChI=1S/C15H18N2OS/c18-15(16-11-6-2-1-3-7-11)17-13-10-19-14-9-5-4-8-12(13)14/h4-5,8-11H,1-3,6-7H2,(H2,16,17,18). The first-order valence-electron chi connectivity index (χ1n) is 6.87. The Kier molecular flexibility index (Phi) is 3.69. The topological polar surface area (TPSA) is 41.1 Å². The van der Waals surface area contributed by atoms with Crippen LogP contribution >= 0.6 is 11.3 Å². The van der Waals surface area contributed by atoms with Crippen LogP contribution in [0.4, 0.5) is 10.5 Å². The number of benzene rings is 1. The van der Waals surface area contributed by atoms with Crippen molar-refractivity contribution in [1.82, 2.24) is 5.32 Å². The molecule has 1 aliphatic carbocycles. The quantitative estimate of drug-likeness (QED) is 0.839. The Bertz CT molecular complexity index is 572. The minimum Gasteiger partial charge on any atom is -0.335 e. The molecule has 1 heterocycles.